The summed E-state index contributed by atoms with van der Waals surface area (Å²) >= 11 is 0. The lowest BCUT2D eigenvalue weighted by Gasteiger charge is -2.20. The first kappa shape index (κ1) is 13.2. The predicted octanol–water partition coefficient (Wildman–Crippen LogP) is 1.15. The van der Waals surface area contributed by atoms with E-state index in [1.54, 1.807) is 38.5 Å². The molecule has 0 aliphatic rings. The summed E-state index contributed by atoms with van der Waals surface area (Å²) in [5.74, 6) is -2.39. The molecular formula is C12H16N2O3. The lowest BCUT2D eigenvalue weighted by Crippen LogP contribution is -2.36. The van der Waals surface area contributed by atoms with Crippen LogP contribution in [0.4, 0.5) is 0 Å². The first-order valence-electron chi connectivity index (χ1n) is 5.43. The molecule has 1 heterocycles. The number of rotatable bonds is 5. The van der Waals surface area contributed by atoms with Crippen LogP contribution in [0.1, 0.15) is 18.9 Å². The molecule has 0 bridgehead atoms. The van der Waals surface area contributed by atoms with Crippen LogP contribution in [0.2, 0.25) is 0 Å². The van der Waals surface area contributed by atoms with Gasteiger partial charge >= 0.3 is 5.97 Å². The number of carboxylic acids is 1. The Bertz CT molecular complexity index is 392. The molecule has 0 spiro atoms. The second-order valence-electron chi connectivity index (χ2n) is 3.85. The maximum atomic E-state index is 11.8. The molecule has 0 radical (unpaired) electrons. The second kappa shape index (κ2) is 5.98. The number of amides is 1. The van der Waals surface area contributed by atoms with Crippen LogP contribution in [0.15, 0.2) is 24.5 Å². The molecule has 17 heavy (non-hydrogen) atoms. The van der Waals surface area contributed by atoms with Crippen LogP contribution in [0, 0.1) is 5.92 Å². The van der Waals surface area contributed by atoms with Gasteiger partial charge in [0.2, 0.25) is 5.91 Å². The van der Waals surface area contributed by atoms with Crippen molar-refractivity contribution in [1.82, 2.24) is 9.88 Å². The zero-order valence-corrected chi connectivity index (χ0v) is 9.96. The molecule has 1 atom stereocenters. The van der Waals surface area contributed by atoms with Crippen LogP contribution in [-0.4, -0.2) is 33.9 Å². The molecule has 0 fully saturated rings. The van der Waals surface area contributed by atoms with Crippen molar-refractivity contribution in [2.75, 3.05) is 7.05 Å². The van der Waals surface area contributed by atoms with E-state index in [2.05, 4.69) is 4.98 Å². The number of carbonyl (C=O) groups excluding carboxylic acids is 1. The molecule has 0 saturated carbocycles. The van der Waals surface area contributed by atoms with E-state index in [0.29, 0.717) is 13.0 Å². The highest BCUT2D eigenvalue weighted by atomic mass is 16.4. The number of hydrogen-bond acceptors (Lipinski definition) is 3. The van der Waals surface area contributed by atoms with Crippen LogP contribution in [0.25, 0.3) is 0 Å². The van der Waals surface area contributed by atoms with Crippen molar-refractivity contribution in [3.05, 3.63) is 30.1 Å². The standard InChI is InChI=1S/C12H16N2O3/c1-3-10(12(16)17)11(15)14(2)8-9-4-6-13-7-5-9/h4-7,10H,3,8H2,1-2H3,(H,16,17). The van der Waals surface area contributed by atoms with Crippen molar-refractivity contribution in [3.8, 4) is 0 Å². The van der Waals surface area contributed by atoms with E-state index in [-0.39, 0.29) is 5.91 Å². The van der Waals surface area contributed by atoms with Crippen molar-refractivity contribution < 1.29 is 14.7 Å². The highest BCUT2D eigenvalue weighted by molar-refractivity contribution is 5.96. The van der Waals surface area contributed by atoms with Gasteiger partial charge in [-0.05, 0) is 24.1 Å². The van der Waals surface area contributed by atoms with E-state index in [9.17, 15) is 9.59 Å². The van der Waals surface area contributed by atoms with Crippen LogP contribution in [0.3, 0.4) is 0 Å². The first-order valence-corrected chi connectivity index (χ1v) is 5.43. The predicted molar refractivity (Wildman–Crippen MR) is 62.1 cm³/mol. The summed E-state index contributed by atoms with van der Waals surface area (Å²) in [7, 11) is 1.61. The summed E-state index contributed by atoms with van der Waals surface area (Å²) in [6, 6.07) is 3.59. The summed E-state index contributed by atoms with van der Waals surface area (Å²) < 4.78 is 0. The molecule has 5 heteroatoms. The number of aromatic nitrogens is 1. The zero-order valence-electron chi connectivity index (χ0n) is 9.96. The molecule has 1 unspecified atom stereocenters. The van der Waals surface area contributed by atoms with E-state index in [4.69, 9.17) is 5.11 Å². The summed E-state index contributed by atoms with van der Waals surface area (Å²) in [5, 5.41) is 8.90. The number of carboxylic acid groups (broad SMARTS) is 1. The third-order valence-corrected chi connectivity index (χ3v) is 2.55. The minimum Gasteiger partial charge on any atom is -0.481 e. The molecule has 0 aromatic carbocycles. The fourth-order valence-electron chi connectivity index (χ4n) is 1.56. The van der Waals surface area contributed by atoms with Gasteiger partial charge in [-0.15, -0.1) is 0 Å². The number of aliphatic carboxylic acids is 1. The normalized spacial score (nSPS) is 11.9. The van der Waals surface area contributed by atoms with E-state index < -0.39 is 11.9 Å². The summed E-state index contributed by atoms with van der Waals surface area (Å²) in [4.78, 5) is 28.0. The van der Waals surface area contributed by atoms with Gasteiger partial charge in [-0.1, -0.05) is 6.92 Å². The van der Waals surface area contributed by atoms with E-state index >= 15 is 0 Å². The first-order chi connectivity index (χ1) is 8.06. The van der Waals surface area contributed by atoms with Gasteiger partial charge in [0.05, 0.1) is 0 Å². The SMILES string of the molecule is CCC(C(=O)O)C(=O)N(C)Cc1ccncc1. The highest BCUT2D eigenvalue weighted by Gasteiger charge is 2.26. The molecule has 0 aliphatic carbocycles. The Balaban J connectivity index is 2.67. The largest absolute Gasteiger partial charge is 0.481 e. The zero-order chi connectivity index (χ0) is 12.8. The molecule has 1 aromatic rings. The fraction of sp³-hybridized carbons (Fsp3) is 0.417. The molecule has 0 saturated heterocycles. The quantitative estimate of drug-likeness (QED) is 0.778. The molecule has 1 rings (SSSR count). The Morgan fingerprint density at radius 1 is 1.41 bits per heavy atom. The number of carbonyl (C=O) groups is 2. The Morgan fingerprint density at radius 3 is 2.47 bits per heavy atom. The van der Waals surface area contributed by atoms with E-state index in [1.165, 1.54) is 4.90 Å². The lowest BCUT2D eigenvalue weighted by atomic mass is 10.1. The van der Waals surface area contributed by atoms with Crippen molar-refractivity contribution in [1.29, 1.82) is 0 Å². The molecule has 1 amide bonds. The van der Waals surface area contributed by atoms with Gasteiger partial charge in [0.25, 0.3) is 0 Å². The topological polar surface area (TPSA) is 70.5 Å². The van der Waals surface area contributed by atoms with Gasteiger partial charge in [-0.2, -0.15) is 0 Å². The average Bonchev–Trinajstić information content (AvgIpc) is 2.30. The van der Waals surface area contributed by atoms with Crippen LogP contribution >= 0.6 is 0 Å². The molecule has 92 valence electrons. The second-order valence-corrected chi connectivity index (χ2v) is 3.85. The number of pyridine rings is 1. The molecule has 5 nitrogen and oxygen atoms in total. The van der Waals surface area contributed by atoms with Crippen molar-refractivity contribution in [3.63, 3.8) is 0 Å². The van der Waals surface area contributed by atoms with Gasteiger partial charge in [-0.3, -0.25) is 14.6 Å². The summed E-state index contributed by atoms with van der Waals surface area (Å²) in [6.45, 7) is 2.09. The maximum Gasteiger partial charge on any atom is 0.316 e. The molecule has 1 aromatic heterocycles. The van der Waals surface area contributed by atoms with E-state index in [0.717, 1.165) is 5.56 Å². The maximum absolute atomic E-state index is 11.8. The van der Waals surface area contributed by atoms with Crippen LogP contribution in [0.5, 0.6) is 0 Å². The monoisotopic (exact) mass is 236 g/mol. The highest BCUT2D eigenvalue weighted by Crippen LogP contribution is 2.10. The number of hydrogen-bond donors (Lipinski definition) is 1. The van der Waals surface area contributed by atoms with Gasteiger partial charge in [0.15, 0.2) is 0 Å². The van der Waals surface area contributed by atoms with Gasteiger partial charge in [-0.25, -0.2) is 0 Å². The van der Waals surface area contributed by atoms with Crippen molar-refractivity contribution >= 4 is 11.9 Å². The Morgan fingerprint density at radius 2 is 2.00 bits per heavy atom. The Labute approximate surface area is 100 Å². The fourth-order valence-corrected chi connectivity index (χ4v) is 1.56. The van der Waals surface area contributed by atoms with Gasteiger partial charge < -0.3 is 10.0 Å². The molecule has 1 N–H and O–H groups in total. The summed E-state index contributed by atoms with van der Waals surface area (Å²) in [6.07, 6.45) is 3.58. The van der Waals surface area contributed by atoms with Crippen LogP contribution in [-0.2, 0) is 16.1 Å². The number of nitrogens with zero attached hydrogens (tertiary/aromatic N) is 2. The lowest BCUT2D eigenvalue weighted by molar-refractivity contribution is -0.150. The van der Waals surface area contributed by atoms with Gasteiger partial charge in [0, 0.05) is 26.0 Å². The third-order valence-electron chi connectivity index (χ3n) is 2.55. The molecular weight excluding hydrogens is 220 g/mol. The summed E-state index contributed by atoms with van der Waals surface area (Å²) in [5.41, 5.74) is 0.927. The van der Waals surface area contributed by atoms with E-state index in [1.807, 2.05) is 0 Å². The Hall–Kier alpha value is -1.91. The minimum atomic E-state index is -1.07. The van der Waals surface area contributed by atoms with Gasteiger partial charge in [0.1, 0.15) is 5.92 Å². The molecule has 0 aliphatic heterocycles. The Kier molecular flexibility index (Phi) is 4.63. The smallest absolute Gasteiger partial charge is 0.316 e. The van der Waals surface area contributed by atoms with Crippen molar-refractivity contribution in [2.24, 2.45) is 5.92 Å². The average molecular weight is 236 g/mol. The van der Waals surface area contributed by atoms with Crippen LogP contribution < -0.4 is 0 Å². The van der Waals surface area contributed by atoms with Crippen molar-refractivity contribution in [2.45, 2.75) is 19.9 Å². The minimum absolute atomic E-state index is 0.300. The third kappa shape index (κ3) is 3.55.